The molecule has 0 saturated carbocycles. The highest BCUT2D eigenvalue weighted by Gasteiger charge is 2.35. The number of aryl methyl sites for hydroxylation is 1. The molecule has 0 amide bonds. The fourth-order valence-electron chi connectivity index (χ4n) is 2.72. The second-order valence-electron chi connectivity index (χ2n) is 5.69. The van der Waals surface area contributed by atoms with Crippen LogP contribution in [0.4, 0.5) is 13.2 Å². The lowest BCUT2D eigenvalue weighted by Crippen LogP contribution is -2.11. The molecular formula is C20H17F3N2O. The minimum Gasteiger partial charge on any atom is -0.493 e. The van der Waals surface area contributed by atoms with Crippen molar-refractivity contribution in [1.82, 2.24) is 9.97 Å². The molecule has 0 unspecified atom stereocenters. The summed E-state index contributed by atoms with van der Waals surface area (Å²) in [5, 5.41) is 0. The van der Waals surface area contributed by atoms with Crippen LogP contribution in [0.25, 0.3) is 22.5 Å². The Morgan fingerprint density at radius 3 is 2.35 bits per heavy atom. The summed E-state index contributed by atoms with van der Waals surface area (Å²) in [6, 6.07) is 13.3. The van der Waals surface area contributed by atoms with E-state index in [9.17, 15) is 13.2 Å². The number of pyridine rings is 2. The topological polar surface area (TPSA) is 35.0 Å². The Kier molecular flexibility index (Phi) is 4.93. The highest BCUT2D eigenvalue weighted by molar-refractivity contribution is 5.85. The lowest BCUT2D eigenvalue weighted by atomic mass is 9.98. The van der Waals surface area contributed by atoms with Gasteiger partial charge in [0.2, 0.25) is 0 Å². The second-order valence-corrected chi connectivity index (χ2v) is 5.69. The number of halogens is 3. The van der Waals surface area contributed by atoms with E-state index in [1.54, 1.807) is 49.5 Å². The number of rotatable bonds is 4. The molecule has 0 atom stereocenters. The molecule has 2 aromatic heterocycles. The minimum absolute atomic E-state index is 0.121. The van der Waals surface area contributed by atoms with Crippen LogP contribution in [0.1, 0.15) is 18.2 Å². The Morgan fingerprint density at radius 1 is 1.00 bits per heavy atom. The zero-order valence-corrected chi connectivity index (χ0v) is 14.3. The van der Waals surface area contributed by atoms with Crippen molar-refractivity contribution in [3.8, 4) is 28.3 Å². The van der Waals surface area contributed by atoms with E-state index in [4.69, 9.17) is 4.74 Å². The first-order valence-corrected chi connectivity index (χ1v) is 8.14. The van der Waals surface area contributed by atoms with Crippen molar-refractivity contribution in [3.05, 3.63) is 66.0 Å². The summed E-state index contributed by atoms with van der Waals surface area (Å²) in [5.41, 5.74) is 1.62. The Labute approximate surface area is 149 Å². The number of nitrogens with zero attached hydrogens (tertiary/aromatic N) is 2. The van der Waals surface area contributed by atoms with Gasteiger partial charge in [-0.25, -0.2) is 4.98 Å². The molecule has 0 radical (unpaired) electrons. The van der Waals surface area contributed by atoms with Crippen LogP contribution in [-0.2, 0) is 6.18 Å². The molecule has 3 aromatic rings. The third-order valence-electron chi connectivity index (χ3n) is 3.87. The molecule has 26 heavy (non-hydrogen) atoms. The predicted molar refractivity (Wildman–Crippen MR) is 93.8 cm³/mol. The van der Waals surface area contributed by atoms with Gasteiger partial charge in [0, 0.05) is 17.8 Å². The third-order valence-corrected chi connectivity index (χ3v) is 3.87. The van der Waals surface area contributed by atoms with E-state index in [2.05, 4.69) is 9.97 Å². The van der Waals surface area contributed by atoms with Crippen molar-refractivity contribution in [3.63, 3.8) is 0 Å². The summed E-state index contributed by atoms with van der Waals surface area (Å²) in [6.45, 7) is 3.81. The molecule has 0 saturated heterocycles. The van der Waals surface area contributed by atoms with Gasteiger partial charge in [-0.15, -0.1) is 0 Å². The summed E-state index contributed by atoms with van der Waals surface area (Å²) in [5.74, 6) is 0.121. The van der Waals surface area contributed by atoms with Gasteiger partial charge in [0.05, 0.1) is 23.6 Å². The van der Waals surface area contributed by atoms with Gasteiger partial charge in [0.1, 0.15) is 11.4 Å². The first-order chi connectivity index (χ1) is 12.4. The number of alkyl halides is 3. The molecule has 2 heterocycles. The maximum Gasteiger partial charge on any atom is 0.433 e. The van der Waals surface area contributed by atoms with Crippen molar-refractivity contribution in [1.29, 1.82) is 0 Å². The first-order valence-electron chi connectivity index (χ1n) is 8.14. The van der Waals surface area contributed by atoms with E-state index in [-0.39, 0.29) is 18.1 Å². The van der Waals surface area contributed by atoms with Crippen molar-refractivity contribution in [2.75, 3.05) is 6.61 Å². The van der Waals surface area contributed by atoms with Crippen LogP contribution in [0.3, 0.4) is 0 Å². The monoisotopic (exact) mass is 358 g/mol. The first kappa shape index (κ1) is 17.9. The third kappa shape index (κ3) is 3.54. The molecule has 0 aliphatic carbocycles. The van der Waals surface area contributed by atoms with Crippen LogP contribution in [-0.4, -0.2) is 16.6 Å². The lowest BCUT2D eigenvalue weighted by molar-refractivity contribution is -0.141. The van der Waals surface area contributed by atoms with E-state index in [0.29, 0.717) is 16.8 Å². The SMILES string of the molecule is CCOc1cc(C(F)(F)F)nc(-c2ccccc2)c1-c1ncccc1C. The largest absolute Gasteiger partial charge is 0.493 e. The van der Waals surface area contributed by atoms with Gasteiger partial charge in [-0.3, -0.25) is 4.98 Å². The van der Waals surface area contributed by atoms with Crippen molar-refractivity contribution < 1.29 is 17.9 Å². The van der Waals surface area contributed by atoms with Crippen molar-refractivity contribution >= 4 is 0 Å². The minimum atomic E-state index is -4.58. The quantitative estimate of drug-likeness (QED) is 0.614. The van der Waals surface area contributed by atoms with Gasteiger partial charge in [0.25, 0.3) is 0 Å². The van der Waals surface area contributed by atoms with E-state index >= 15 is 0 Å². The van der Waals surface area contributed by atoms with E-state index in [1.807, 2.05) is 13.0 Å². The maximum atomic E-state index is 13.4. The average molecular weight is 358 g/mol. The zero-order chi connectivity index (χ0) is 18.7. The fraction of sp³-hybridized carbons (Fsp3) is 0.200. The summed E-state index contributed by atoms with van der Waals surface area (Å²) < 4.78 is 45.7. The number of aromatic nitrogens is 2. The standard InChI is InChI=1S/C20H17F3N2O/c1-3-26-15-12-16(20(21,22)23)25-19(14-9-5-4-6-10-14)17(15)18-13(2)8-7-11-24-18/h4-12H,3H2,1-2H3. The van der Waals surface area contributed by atoms with Gasteiger partial charge in [-0.05, 0) is 25.5 Å². The Hall–Kier alpha value is -2.89. The molecule has 0 fully saturated rings. The van der Waals surface area contributed by atoms with Crippen LogP contribution in [0.5, 0.6) is 5.75 Å². The smallest absolute Gasteiger partial charge is 0.433 e. The van der Waals surface area contributed by atoms with Gasteiger partial charge >= 0.3 is 6.18 Å². The molecule has 0 aliphatic heterocycles. The van der Waals surface area contributed by atoms with Gasteiger partial charge < -0.3 is 4.74 Å². The molecular weight excluding hydrogens is 341 g/mol. The number of benzene rings is 1. The second kappa shape index (κ2) is 7.15. The molecule has 134 valence electrons. The van der Waals surface area contributed by atoms with Crippen LogP contribution in [0.2, 0.25) is 0 Å². The molecule has 6 heteroatoms. The van der Waals surface area contributed by atoms with Gasteiger partial charge in [0.15, 0.2) is 0 Å². The summed E-state index contributed by atoms with van der Waals surface area (Å²) in [6.07, 6.45) is -2.97. The van der Waals surface area contributed by atoms with E-state index in [0.717, 1.165) is 11.6 Å². The molecule has 0 bridgehead atoms. The van der Waals surface area contributed by atoms with E-state index < -0.39 is 11.9 Å². The number of hydrogen-bond acceptors (Lipinski definition) is 3. The molecule has 0 spiro atoms. The molecule has 0 aliphatic rings. The predicted octanol–water partition coefficient (Wildman–Crippen LogP) is 5.54. The Morgan fingerprint density at radius 2 is 1.73 bits per heavy atom. The highest BCUT2D eigenvalue weighted by atomic mass is 19.4. The molecule has 1 aromatic carbocycles. The van der Waals surface area contributed by atoms with Crippen molar-refractivity contribution in [2.45, 2.75) is 20.0 Å². The molecule has 3 rings (SSSR count). The summed E-state index contributed by atoms with van der Waals surface area (Å²) >= 11 is 0. The number of hydrogen-bond donors (Lipinski definition) is 0. The number of ether oxygens (including phenoxy) is 1. The average Bonchev–Trinajstić information content (AvgIpc) is 2.62. The van der Waals surface area contributed by atoms with Gasteiger partial charge in [-0.2, -0.15) is 13.2 Å². The fourth-order valence-corrected chi connectivity index (χ4v) is 2.72. The summed E-state index contributed by atoms with van der Waals surface area (Å²) in [4.78, 5) is 8.30. The lowest BCUT2D eigenvalue weighted by Gasteiger charge is -2.18. The molecule has 3 nitrogen and oxygen atoms in total. The maximum absolute atomic E-state index is 13.4. The Balaban J connectivity index is 2.38. The highest BCUT2D eigenvalue weighted by Crippen LogP contribution is 2.42. The normalized spacial score (nSPS) is 11.4. The van der Waals surface area contributed by atoms with Crippen LogP contribution in [0.15, 0.2) is 54.7 Å². The van der Waals surface area contributed by atoms with Crippen LogP contribution < -0.4 is 4.74 Å². The van der Waals surface area contributed by atoms with Gasteiger partial charge in [-0.1, -0.05) is 36.4 Å². The van der Waals surface area contributed by atoms with Crippen LogP contribution >= 0.6 is 0 Å². The van der Waals surface area contributed by atoms with Crippen molar-refractivity contribution in [2.24, 2.45) is 0 Å². The molecule has 0 N–H and O–H groups in total. The van der Waals surface area contributed by atoms with Crippen LogP contribution in [0, 0.1) is 6.92 Å². The van der Waals surface area contributed by atoms with E-state index in [1.165, 1.54) is 0 Å². The summed E-state index contributed by atoms with van der Waals surface area (Å²) in [7, 11) is 0. The zero-order valence-electron chi connectivity index (χ0n) is 14.3. The Bertz CT molecular complexity index is 909.